The molecule has 1 N–H and O–H groups in total. The molecule has 0 aliphatic carbocycles. The lowest BCUT2D eigenvalue weighted by Gasteiger charge is -2.26. The van der Waals surface area contributed by atoms with Crippen LogP contribution in [0.15, 0.2) is 48.5 Å². The van der Waals surface area contributed by atoms with Gasteiger partial charge in [-0.1, -0.05) is 24.3 Å². The van der Waals surface area contributed by atoms with E-state index in [-0.39, 0.29) is 30.6 Å². The number of nitrogens with zero attached hydrogens (tertiary/aromatic N) is 1. The lowest BCUT2D eigenvalue weighted by atomic mass is 10.1. The van der Waals surface area contributed by atoms with Crippen LogP contribution in [0.2, 0.25) is 0 Å². The van der Waals surface area contributed by atoms with Crippen LogP contribution >= 0.6 is 0 Å². The van der Waals surface area contributed by atoms with E-state index in [1.807, 2.05) is 57.2 Å². The number of morpholine rings is 1. The molecule has 2 aromatic rings. The quantitative estimate of drug-likeness (QED) is 0.179. The molecule has 0 aromatic heterocycles. The van der Waals surface area contributed by atoms with Crippen molar-refractivity contribution in [3.63, 3.8) is 0 Å². The highest BCUT2D eigenvalue weighted by Crippen LogP contribution is 2.26. The van der Waals surface area contributed by atoms with Gasteiger partial charge in [0.15, 0.2) is 0 Å². The second kappa shape index (κ2) is 18.1. The predicted molar refractivity (Wildman–Crippen MR) is 172 cm³/mol. The first-order chi connectivity index (χ1) is 21.1. The maximum Gasteiger partial charge on any atom is 0.306 e. The number of carbonyl (C=O) groups is 3. The highest BCUT2D eigenvalue weighted by atomic mass is 16.6. The minimum Gasteiger partial charge on any atom is -0.497 e. The minimum atomic E-state index is -0.558. The van der Waals surface area contributed by atoms with Crippen LogP contribution in [0.1, 0.15) is 76.8 Å². The standard InChI is InChI=1S/C35H48N2O7/c1-35(2,3)44-34(40)20-15-28-26-29(36-32(38)11-9-12-33(39)37-21-24-42-25-22-37)16-19-31(28)43-23-8-6-5-7-10-27-13-17-30(41-4)18-14-27/h7,10,13-14,16-19,26H,5-6,8-9,11-12,15,20-25H2,1-4H3,(H,36,38)/b10-7+. The zero-order valence-electron chi connectivity index (χ0n) is 26.7. The van der Waals surface area contributed by atoms with Crippen LogP contribution in [0, 0.1) is 0 Å². The van der Waals surface area contributed by atoms with Crippen LogP contribution in [0.4, 0.5) is 5.69 Å². The van der Waals surface area contributed by atoms with Gasteiger partial charge < -0.3 is 29.2 Å². The largest absolute Gasteiger partial charge is 0.497 e. The third kappa shape index (κ3) is 13.2. The Labute approximate surface area is 261 Å². The number of amides is 2. The Hall–Kier alpha value is -3.85. The van der Waals surface area contributed by atoms with Crippen LogP contribution in [0.25, 0.3) is 6.08 Å². The van der Waals surface area contributed by atoms with Gasteiger partial charge in [-0.25, -0.2) is 0 Å². The third-order valence-corrected chi connectivity index (χ3v) is 6.97. The van der Waals surface area contributed by atoms with Crippen molar-refractivity contribution in [2.45, 2.75) is 77.7 Å². The van der Waals surface area contributed by atoms with Crippen LogP contribution in [-0.2, 0) is 30.3 Å². The van der Waals surface area contributed by atoms with Crippen LogP contribution in [0.3, 0.4) is 0 Å². The highest BCUT2D eigenvalue weighted by Gasteiger charge is 2.18. The summed E-state index contributed by atoms with van der Waals surface area (Å²) in [5.41, 5.74) is 2.03. The van der Waals surface area contributed by atoms with E-state index in [1.54, 1.807) is 18.1 Å². The number of hydrogen-bond acceptors (Lipinski definition) is 7. The number of hydrogen-bond donors (Lipinski definition) is 1. The first-order valence-corrected chi connectivity index (χ1v) is 15.6. The molecule has 0 unspecified atom stereocenters. The van der Waals surface area contributed by atoms with E-state index in [2.05, 4.69) is 17.5 Å². The van der Waals surface area contributed by atoms with E-state index in [0.29, 0.717) is 63.6 Å². The molecule has 2 amide bonds. The van der Waals surface area contributed by atoms with Gasteiger partial charge in [-0.3, -0.25) is 14.4 Å². The van der Waals surface area contributed by atoms with E-state index in [4.69, 9.17) is 18.9 Å². The van der Waals surface area contributed by atoms with Gasteiger partial charge in [-0.15, -0.1) is 0 Å². The smallest absolute Gasteiger partial charge is 0.306 e. The number of aryl methyl sites for hydroxylation is 1. The first-order valence-electron chi connectivity index (χ1n) is 15.6. The third-order valence-electron chi connectivity index (χ3n) is 6.97. The molecule has 9 heteroatoms. The number of benzene rings is 2. The van der Waals surface area contributed by atoms with Crippen molar-refractivity contribution in [2.75, 3.05) is 45.3 Å². The number of carbonyl (C=O) groups excluding carboxylic acids is 3. The number of allylic oxidation sites excluding steroid dienone is 1. The summed E-state index contributed by atoms with van der Waals surface area (Å²) in [7, 11) is 1.66. The second-order valence-electron chi connectivity index (χ2n) is 11.8. The summed E-state index contributed by atoms with van der Waals surface area (Å²) >= 11 is 0. The topological polar surface area (TPSA) is 103 Å². The molecule has 0 radical (unpaired) electrons. The molecular weight excluding hydrogens is 560 g/mol. The summed E-state index contributed by atoms with van der Waals surface area (Å²) in [4.78, 5) is 39.2. The summed E-state index contributed by atoms with van der Waals surface area (Å²) in [5, 5.41) is 2.93. The molecule has 1 aliphatic rings. The van der Waals surface area contributed by atoms with E-state index in [0.717, 1.165) is 36.1 Å². The zero-order valence-corrected chi connectivity index (χ0v) is 26.7. The molecule has 9 nitrogen and oxygen atoms in total. The van der Waals surface area contributed by atoms with Gasteiger partial charge in [0.1, 0.15) is 17.1 Å². The van der Waals surface area contributed by atoms with Crippen molar-refractivity contribution < 1.29 is 33.3 Å². The van der Waals surface area contributed by atoms with Crippen LogP contribution < -0.4 is 14.8 Å². The Morgan fingerprint density at radius 2 is 1.70 bits per heavy atom. The van der Waals surface area contributed by atoms with Crippen molar-refractivity contribution in [2.24, 2.45) is 0 Å². The lowest BCUT2D eigenvalue weighted by molar-refractivity contribution is -0.154. The molecule has 3 rings (SSSR count). The Bertz CT molecular complexity index is 1230. The summed E-state index contributed by atoms with van der Waals surface area (Å²) < 4.78 is 22.1. The SMILES string of the molecule is COc1ccc(/C=C/CCCCOc2ccc(NC(=O)CCCC(=O)N3CCOCC3)cc2CCC(=O)OC(C)(C)C)cc1. The molecule has 0 spiro atoms. The number of anilines is 1. The Morgan fingerprint density at radius 1 is 0.955 bits per heavy atom. The summed E-state index contributed by atoms with van der Waals surface area (Å²) in [6.45, 7) is 8.40. The van der Waals surface area contributed by atoms with E-state index in [1.165, 1.54) is 0 Å². The monoisotopic (exact) mass is 608 g/mol. The van der Waals surface area contributed by atoms with Crippen molar-refractivity contribution in [1.29, 1.82) is 0 Å². The maximum atomic E-state index is 12.6. The summed E-state index contributed by atoms with van der Waals surface area (Å²) in [6, 6.07) is 13.4. The number of esters is 1. The molecule has 2 aromatic carbocycles. The van der Waals surface area contributed by atoms with Crippen LogP contribution in [-0.4, -0.2) is 68.3 Å². The van der Waals surface area contributed by atoms with E-state index >= 15 is 0 Å². The normalized spacial score (nSPS) is 13.5. The lowest BCUT2D eigenvalue weighted by Crippen LogP contribution is -2.40. The first kappa shape index (κ1) is 34.6. The molecule has 0 saturated carbocycles. The fourth-order valence-electron chi connectivity index (χ4n) is 4.70. The number of unbranched alkanes of at least 4 members (excludes halogenated alkanes) is 2. The Kier molecular flexibility index (Phi) is 14.2. The molecule has 0 atom stereocenters. The molecule has 1 heterocycles. The average molecular weight is 609 g/mol. The van der Waals surface area contributed by atoms with Crippen molar-refractivity contribution in [3.8, 4) is 11.5 Å². The van der Waals surface area contributed by atoms with Gasteiger partial charge in [-0.2, -0.15) is 0 Å². The molecule has 1 fully saturated rings. The van der Waals surface area contributed by atoms with E-state index in [9.17, 15) is 14.4 Å². The molecule has 240 valence electrons. The molecule has 1 aliphatic heterocycles. The number of rotatable bonds is 16. The van der Waals surface area contributed by atoms with Crippen molar-refractivity contribution in [3.05, 3.63) is 59.7 Å². The molecule has 1 saturated heterocycles. The van der Waals surface area contributed by atoms with Gasteiger partial charge >= 0.3 is 5.97 Å². The summed E-state index contributed by atoms with van der Waals surface area (Å²) in [5.74, 6) is 1.14. The number of ether oxygens (including phenoxy) is 4. The van der Waals surface area contributed by atoms with Gasteiger partial charge in [0.25, 0.3) is 0 Å². The minimum absolute atomic E-state index is 0.0558. The fraction of sp³-hybridized carbons (Fsp3) is 0.514. The molecule has 44 heavy (non-hydrogen) atoms. The summed E-state index contributed by atoms with van der Waals surface area (Å²) in [6.07, 6.45) is 8.72. The van der Waals surface area contributed by atoms with Gasteiger partial charge in [0.05, 0.1) is 26.9 Å². The van der Waals surface area contributed by atoms with Crippen molar-refractivity contribution in [1.82, 2.24) is 4.90 Å². The fourth-order valence-corrected chi connectivity index (χ4v) is 4.70. The predicted octanol–water partition coefficient (Wildman–Crippen LogP) is 6.20. The van der Waals surface area contributed by atoms with Gasteiger partial charge in [-0.05, 0) is 94.3 Å². The van der Waals surface area contributed by atoms with Crippen LogP contribution in [0.5, 0.6) is 11.5 Å². The van der Waals surface area contributed by atoms with Crippen molar-refractivity contribution >= 4 is 29.5 Å². The Morgan fingerprint density at radius 3 is 2.41 bits per heavy atom. The van der Waals surface area contributed by atoms with E-state index < -0.39 is 5.60 Å². The average Bonchev–Trinajstić information content (AvgIpc) is 3.00. The van der Waals surface area contributed by atoms with Gasteiger partial charge in [0.2, 0.25) is 11.8 Å². The second-order valence-corrected chi connectivity index (χ2v) is 11.8. The Balaban J connectivity index is 1.49. The number of methoxy groups -OCH3 is 1. The molecule has 0 bridgehead atoms. The number of nitrogens with one attached hydrogen (secondary N) is 1. The molecular formula is C35H48N2O7. The highest BCUT2D eigenvalue weighted by molar-refractivity contribution is 5.91. The zero-order chi connectivity index (χ0) is 31.8. The van der Waals surface area contributed by atoms with Gasteiger partial charge in [0, 0.05) is 38.0 Å². The maximum absolute atomic E-state index is 12.6.